The normalized spacial score (nSPS) is 14.5. The second kappa shape index (κ2) is 67.1. The number of aliphatic hydroxyl groups excluding tert-OH is 1. The number of ether oxygens (including phenoxy) is 4. The molecule has 0 aliphatic carbocycles. The zero-order valence-corrected chi connectivity index (χ0v) is 64.1. The summed E-state index contributed by atoms with van der Waals surface area (Å²) in [6.07, 6.45) is 56.3. The summed E-state index contributed by atoms with van der Waals surface area (Å²) in [6, 6.07) is 0. The largest absolute Gasteiger partial charge is 0.472 e. The number of hydrogen-bond donors (Lipinski definition) is 3. The van der Waals surface area contributed by atoms with Gasteiger partial charge in [0.15, 0.2) is 12.2 Å². The maximum atomic E-state index is 13.1. The van der Waals surface area contributed by atoms with Gasteiger partial charge in [0.25, 0.3) is 0 Å². The summed E-state index contributed by atoms with van der Waals surface area (Å²) in [7, 11) is -9.93. The summed E-state index contributed by atoms with van der Waals surface area (Å²) in [5, 5.41) is 10.6. The van der Waals surface area contributed by atoms with Crippen molar-refractivity contribution in [3.05, 3.63) is 24.3 Å². The minimum Gasteiger partial charge on any atom is -0.462 e. The first-order valence-electron chi connectivity index (χ1n) is 39.2. The topological polar surface area (TPSA) is 237 Å². The van der Waals surface area contributed by atoms with E-state index in [0.717, 1.165) is 133 Å². The lowest BCUT2D eigenvalue weighted by Gasteiger charge is -2.21. The van der Waals surface area contributed by atoms with E-state index in [9.17, 15) is 43.2 Å². The molecular formula is C77H146O17P2. The van der Waals surface area contributed by atoms with Gasteiger partial charge in [0.05, 0.1) is 26.4 Å². The zero-order chi connectivity index (χ0) is 70.9. The molecule has 19 heteroatoms. The fraction of sp³-hybridized carbons (Fsp3) is 0.896. The summed E-state index contributed by atoms with van der Waals surface area (Å²) in [5.41, 5.74) is 0. The number of carbonyl (C=O) groups excluding carboxylic acids is 4. The second-order valence-corrected chi connectivity index (χ2v) is 31.2. The van der Waals surface area contributed by atoms with Gasteiger partial charge in [-0.2, -0.15) is 0 Å². The third-order valence-corrected chi connectivity index (χ3v) is 19.5. The van der Waals surface area contributed by atoms with E-state index in [1.807, 2.05) is 0 Å². The first-order chi connectivity index (χ1) is 46.3. The summed E-state index contributed by atoms with van der Waals surface area (Å²) in [4.78, 5) is 72.8. The Labute approximate surface area is 586 Å². The van der Waals surface area contributed by atoms with Crippen molar-refractivity contribution in [3.8, 4) is 0 Å². The maximum absolute atomic E-state index is 13.1. The molecule has 6 atom stereocenters. The van der Waals surface area contributed by atoms with Crippen LogP contribution in [0.3, 0.4) is 0 Å². The molecule has 566 valence electrons. The minimum atomic E-state index is -4.97. The quantitative estimate of drug-likeness (QED) is 0.0169. The molecule has 0 radical (unpaired) electrons. The van der Waals surface area contributed by atoms with Crippen molar-refractivity contribution >= 4 is 39.5 Å². The van der Waals surface area contributed by atoms with E-state index >= 15 is 0 Å². The molecule has 0 saturated carbocycles. The number of phosphoric acid groups is 2. The van der Waals surface area contributed by atoms with E-state index in [2.05, 4.69) is 72.8 Å². The van der Waals surface area contributed by atoms with E-state index in [1.165, 1.54) is 154 Å². The number of unbranched alkanes of at least 4 members (excludes halogenated alkanes) is 37. The molecule has 0 amide bonds. The molecule has 0 aliphatic heterocycles. The molecule has 0 saturated heterocycles. The number of aliphatic hydroxyl groups is 1. The van der Waals surface area contributed by atoms with Gasteiger partial charge in [0.2, 0.25) is 0 Å². The molecule has 0 aromatic heterocycles. The van der Waals surface area contributed by atoms with Gasteiger partial charge in [0.1, 0.15) is 19.3 Å². The molecule has 0 heterocycles. The number of rotatable bonds is 73. The summed E-state index contributed by atoms with van der Waals surface area (Å²) < 4.78 is 68.5. The lowest BCUT2D eigenvalue weighted by atomic mass is 10.00. The highest BCUT2D eigenvalue weighted by molar-refractivity contribution is 7.47. The van der Waals surface area contributed by atoms with Crippen molar-refractivity contribution in [2.75, 3.05) is 39.6 Å². The van der Waals surface area contributed by atoms with Crippen LogP contribution in [0.4, 0.5) is 0 Å². The van der Waals surface area contributed by atoms with Crippen LogP contribution in [0.25, 0.3) is 0 Å². The average Bonchev–Trinajstić information content (AvgIpc) is 1.44. The van der Waals surface area contributed by atoms with Gasteiger partial charge in [0, 0.05) is 25.7 Å². The Morgan fingerprint density at radius 3 is 0.927 bits per heavy atom. The van der Waals surface area contributed by atoms with Crippen molar-refractivity contribution in [1.29, 1.82) is 0 Å². The van der Waals surface area contributed by atoms with E-state index < -0.39 is 97.5 Å². The van der Waals surface area contributed by atoms with E-state index in [4.69, 9.17) is 37.0 Å². The molecule has 0 spiro atoms. The smallest absolute Gasteiger partial charge is 0.462 e. The predicted molar refractivity (Wildman–Crippen MR) is 390 cm³/mol. The Balaban J connectivity index is 5.29. The Morgan fingerprint density at radius 2 is 0.615 bits per heavy atom. The van der Waals surface area contributed by atoms with Crippen molar-refractivity contribution in [2.24, 2.45) is 17.8 Å². The van der Waals surface area contributed by atoms with Crippen LogP contribution in [-0.4, -0.2) is 96.7 Å². The average molecular weight is 1410 g/mol. The SMILES string of the molecule is CCCCCC/C=C\C=C/CCCCCCCC(=O)OC[C@H](COP(=O)(O)OC[C@@H](O)COP(=O)(O)OC[C@@H](COC(=O)CCCCCCCCC(C)CC)OC(=O)CCCCCCCCCCCCCC(C)C)OC(=O)CCCCCCCCCCCCCCCCC(C)C. The van der Waals surface area contributed by atoms with Crippen LogP contribution in [0.1, 0.15) is 370 Å². The number of allylic oxidation sites excluding steroid dienone is 4. The molecule has 0 aromatic carbocycles. The standard InChI is InChI=1S/C77H146O17P2/c1-8-10-11-12-13-14-15-16-17-21-26-31-36-44-51-58-74(79)87-64-72(93-76(81)60-53-46-37-32-27-22-19-18-20-24-29-34-41-48-55-68(3)4)66-91-95(83,84)89-62-71(78)63-90-96(85,86)92-67-73(65-88-75(80)59-52-45-40-39-43-50-57-70(7)9-2)94-77(82)61-54-47-38-33-28-23-25-30-35-42-49-56-69(5)6/h14-17,68-73,78H,8-13,18-67H2,1-7H3,(H,83,84)(H,85,86)/b15-14-,17-16-/t70?,71-,72-,73-/m1/s1. The van der Waals surface area contributed by atoms with E-state index in [0.29, 0.717) is 25.7 Å². The molecule has 0 rings (SSSR count). The minimum absolute atomic E-state index is 0.100. The molecule has 3 unspecified atom stereocenters. The molecule has 0 aliphatic rings. The van der Waals surface area contributed by atoms with E-state index in [-0.39, 0.29) is 25.7 Å². The van der Waals surface area contributed by atoms with Crippen LogP contribution in [0, 0.1) is 17.8 Å². The van der Waals surface area contributed by atoms with Gasteiger partial charge in [-0.25, -0.2) is 9.13 Å². The number of hydrogen-bond acceptors (Lipinski definition) is 15. The van der Waals surface area contributed by atoms with Crippen molar-refractivity contribution in [3.63, 3.8) is 0 Å². The fourth-order valence-corrected chi connectivity index (χ4v) is 12.8. The first-order valence-corrected chi connectivity index (χ1v) is 42.2. The van der Waals surface area contributed by atoms with Gasteiger partial charge in [-0.3, -0.25) is 37.3 Å². The molecule has 0 fully saturated rings. The Bertz CT molecular complexity index is 1970. The van der Waals surface area contributed by atoms with Gasteiger partial charge in [-0.15, -0.1) is 0 Å². The van der Waals surface area contributed by atoms with Crippen molar-refractivity contribution < 1.29 is 80.2 Å². The van der Waals surface area contributed by atoms with Gasteiger partial charge in [-0.1, -0.05) is 317 Å². The van der Waals surface area contributed by atoms with Crippen LogP contribution >= 0.6 is 15.6 Å². The molecule has 96 heavy (non-hydrogen) atoms. The Morgan fingerprint density at radius 1 is 0.344 bits per heavy atom. The third-order valence-electron chi connectivity index (χ3n) is 17.6. The number of phosphoric ester groups is 2. The van der Waals surface area contributed by atoms with Crippen LogP contribution in [0.15, 0.2) is 24.3 Å². The lowest BCUT2D eigenvalue weighted by Crippen LogP contribution is -2.30. The summed E-state index contributed by atoms with van der Waals surface area (Å²) >= 11 is 0. The molecule has 0 bridgehead atoms. The molecular weight excluding hydrogens is 1260 g/mol. The van der Waals surface area contributed by atoms with Crippen LogP contribution in [0.2, 0.25) is 0 Å². The lowest BCUT2D eigenvalue weighted by molar-refractivity contribution is -0.161. The zero-order valence-electron chi connectivity index (χ0n) is 62.3. The Hall–Kier alpha value is -2.46. The van der Waals surface area contributed by atoms with Crippen LogP contribution < -0.4 is 0 Å². The monoisotopic (exact) mass is 1410 g/mol. The highest BCUT2D eigenvalue weighted by Gasteiger charge is 2.30. The van der Waals surface area contributed by atoms with E-state index in [1.54, 1.807) is 0 Å². The highest BCUT2D eigenvalue weighted by atomic mass is 31.2. The third kappa shape index (κ3) is 68.7. The van der Waals surface area contributed by atoms with Crippen LogP contribution in [0.5, 0.6) is 0 Å². The van der Waals surface area contributed by atoms with Gasteiger partial charge < -0.3 is 33.8 Å². The predicted octanol–water partition coefficient (Wildman–Crippen LogP) is 22.1. The highest BCUT2D eigenvalue weighted by Crippen LogP contribution is 2.45. The van der Waals surface area contributed by atoms with Gasteiger partial charge >= 0.3 is 39.5 Å². The molecule has 0 aromatic rings. The first kappa shape index (κ1) is 93.5. The molecule has 17 nitrogen and oxygen atoms in total. The molecule has 3 N–H and O–H groups in total. The summed E-state index contributed by atoms with van der Waals surface area (Å²) in [6.45, 7) is 11.8. The Kier molecular flexibility index (Phi) is 65.3. The second-order valence-electron chi connectivity index (χ2n) is 28.3. The summed E-state index contributed by atoms with van der Waals surface area (Å²) in [5.74, 6) is 0.138. The number of esters is 4. The number of carbonyl (C=O) groups is 4. The van der Waals surface area contributed by atoms with Crippen LogP contribution in [-0.2, 0) is 65.4 Å². The van der Waals surface area contributed by atoms with Crippen molar-refractivity contribution in [1.82, 2.24) is 0 Å². The maximum Gasteiger partial charge on any atom is 0.472 e. The van der Waals surface area contributed by atoms with Gasteiger partial charge in [-0.05, 0) is 69.1 Å². The van der Waals surface area contributed by atoms with Crippen molar-refractivity contribution in [2.45, 2.75) is 388 Å². The fourth-order valence-electron chi connectivity index (χ4n) is 11.2.